The number of ether oxygens (including phenoxy) is 2. The van der Waals surface area contributed by atoms with E-state index < -0.39 is 0 Å². The lowest BCUT2D eigenvalue weighted by Crippen LogP contribution is -2.27. The second-order valence-electron chi connectivity index (χ2n) is 8.87. The standard InChI is InChI=1S/C26H34N4O3/c1-20(6-2-3-10-27-16-23-8-4-7-22-9-11-28-25(22)23)17-30(19-31)18-21-14-24-26(29-15-21)33-13-5-12-32-24/h4,7-9,11,14-15,19-20,27-28H,2-3,5-6,10,12-13,16-18H2,1H3. The highest BCUT2D eigenvalue weighted by Crippen LogP contribution is 2.28. The SMILES string of the molecule is CC(CCCCNCc1cccc2cc[nH]c12)CN(C=O)Cc1cnc2c(c1)OCCCO2. The van der Waals surface area contributed by atoms with Gasteiger partial charge in [-0.25, -0.2) is 4.98 Å². The largest absolute Gasteiger partial charge is 0.488 e. The topological polar surface area (TPSA) is 79.5 Å². The molecule has 1 aromatic carbocycles. The number of hydrogen-bond acceptors (Lipinski definition) is 5. The molecule has 0 fully saturated rings. The van der Waals surface area contributed by atoms with Gasteiger partial charge in [0.05, 0.1) is 13.2 Å². The fraction of sp³-hybridized carbons (Fsp3) is 0.462. The maximum absolute atomic E-state index is 11.6. The van der Waals surface area contributed by atoms with Gasteiger partial charge < -0.3 is 24.7 Å². The van der Waals surface area contributed by atoms with E-state index in [-0.39, 0.29) is 0 Å². The number of H-pyrrole nitrogens is 1. The highest BCUT2D eigenvalue weighted by atomic mass is 16.5. The van der Waals surface area contributed by atoms with Gasteiger partial charge in [0.1, 0.15) is 0 Å². The summed E-state index contributed by atoms with van der Waals surface area (Å²) < 4.78 is 11.3. The maximum Gasteiger partial charge on any atom is 0.257 e. The van der Waals surface area contributed by atoms with E-state index in [0.717, 1.165) is 57.3 Å². The number of carbonyl (C=O) groups is 1. The predicted molar refractivity (Wildman–Crippen MR) is 129 cm³/mol. The molecule has 3 heterocycles. The Labute approximate surface area is 195 Å². The van der Waals surface area contributed by atoms with Crippen molar-refractivity contribution in [2.45, 2.75) is 45.7 Å². The number of para-hydroxylation sites is 1. The minimum absolute atomic E-state index is 0.441. The number of benzene rings is 1. The van der Waals surface area contributed by atoms with E-state index in [0.29, 0.717) is 37.3 Å². The molecule has 0 radical (unpaired) electrons. The number of fused-ring (bicyclic) bond motifs is 2. The monoisotopic (exact) mass is 450 g/mol. The number of nitrogens with one attached hydrogen (secondary N) is 2. The first kappa shape index (κ1) is 23.1. The van der Waals surface area contributed by atoms with E-state index in [2.05, 4.69) is 46.5 Å². The zero-order chi connectivity index (χ0) is 22.9. The molecular formula is C26H34N4O3. The zero-order valence-electron chi connectivity index (χ0n) is 19.4. The molecule has 0 saturated heterocycles. The van der Waals surface area contributed by atoms with Crippen LogP contribution in [0.1, 0.15) is 43.7 Å². The van der Waals surface area contributed by atoms with Crippen molar-refractivity contribution in [3.63, 3.8) is 0 Å². The van der Waals surface area contributed by atoms with Crippen molar-refractivity contribution in [1.29, 1.82) is 0 Å². The van der Waals surface area contributed by atoms with Crippen molar-refractivity contribution in [3.05, 3.63) is 53.9 Å². The van der Waals surface area contributed by atoms with Gasteiger partial charge in [0.25, 0.3) is 5.88 Å². The van der Waals surface area contributed by atoms with Crippen molar-refractivity contribution in [2.24, 2.45) is 5.92 Å². The molecule has 1 unspecified atom stereocenters. The van der Waals surface area contributed by atoms with Crippen molar-refractivity contribution >= 4 is 17.3 Å². The smallest absolute Gasteiger partial charge is 0.257 e. The van der Waals surface area contributed by atoms with E-state index in [1.807, 2.05) is 17.2 Å². The molecule has 7 heteroatoms. The van der Waals surface area contributed by atoms with Crippen molar-refractivity contribution in [3.8, 4) is 11.6 Å². The van der Waals surface area contributed by atoms with E-state index in [9.17, 15) is 4.79 Å². The van der Waals surface area contributed by atoms with Gasteiger partial charge in [0.15, 0.2) is 5.75 Å². The molecule has 176 valence electrons. The molecule has 1 atom stereocenters. The zero-order valence-corrected chi connectivity index (χ0v) is 19.4. The van der Waals surface area contributed by atoms with Crippen molar-refractivity contribution in [1.82, 2.24) is 20.2 Å². The minimum atomic E-state index is 0.441. The summed E-state index contributed by atoms with van der Waals surface area (Å²) in [6.45, 7) is 6.59. The van der Waals surface area contributed by atoms with E-state index in [1.165, 1.54) is 16.5 Å². The fourth-order valence-corrected chi connectivity index (χ4v) is 4.31. The fourth-order valence-electron chi connectivity index (χ4n) is 4.31. The van der Waals surface area contributed by atoms with Crippen LogP contribution in [-0.4, -0.2) is 47.6 Å². The van der Waals surface area contributed by atoms with E-state index >= 15 is 0 Å². The normalized spacial score (nSPS) is 14.1. The number of nitrogens with zero attached hydrogens (tertiary/aromatic N) is 2. The van der Waals surface area contributed by atoms with Crippen LogP contribution in [0.15, 0.2) is 42.7 Å². The van der Waals surface area contributed by atoms with Crippen LogP contribution in [0.4, 0.5) is 0 Å². The molecule has 2 aromatic heterocycles. The maximum atomic E-state index is 11.6. The van der Waals surface area contributed by atoms with E-state index in [4.69, 9.17) is 9.47 Å². The Morgan fingerprint density at radius 3 is 3.06 bits per heavy atom. The molecule has 1 amide bonds. The number of carbonyl (C=O) groups excluding carboxylic acids is 1. The van der Waals surface area contributed by atoms with Gasteiger partial charge in [0, 0.05) is 44.0 Å². The molecule has 2 N–H and O–H groups in total. The van der Waals surface area contributed by atoms with Crippen LogP contribution >= 0.6 is 0 Å². The molecule has 1 aliphatic rings. The molecule has 3 aromatic rings. The van der Waals surface area contributed by atoms with Crippen LogP contribution in [0.2, 0.25) is 0 Å². The molecule has 0 saturated carbocycles. The Balaban J connectivity index is 1.15. The summed E-state index contributed by atoms with van der Waals surface area (Å²) in [7, 11) is 0. The van der Waals surface area contributed by atoms with Gasteiger partial charge in [-0.2, -0.15) is 0 Å². The lowest BCUT2D eigenvalue weighted by molar-refractivity contribution is -0.119. The molecule has 7 nitrogen and oxygen atoms in total. The summed E-state index contributed by atoms with van der Waals surface area (Å²) in [6, 6.07) is 10.4. The average Bonchev–Trinajstić information content (AvgIpc) is 3.19. The molecule has 1 aliphatic heterocycles. The summed E-state index contributed by atoms with van der Waals surface area (Å²) in [4.78, 5) is 21.2. The van der Waals surface area contributed by atoms with Gasteiger partial charge in [-0.05, 0) is 54.0 Å². The quantitative estimate of drug-likeness (QED) is 0.318. The Bertz CT molecular complexity index is 1040. The molecule has 0 bridgehead atoms. The average molecular weight is 451 g/mol. The molecule has 4 rings (SSSR count). The molecular weight excluding hydrogens is 416 g/mol. The third-order valence-corrected chi connectivity index (χ3v) is 6.03. The first-order valence-electron chi connectivity index (χ1n) is 11.9. The third-order valence-electron chi connectivity index (χ3n) is 6.03. The Morgan fingerprint density at radius 1 is 1.24 bits per heavy atom. The first-order chi connectivity index (χ1) is 16.2. The highest BCUT2D eigenvalue weighted by Gasteiger charge is 2.15. The minimum Gasteiger partial charge on any atom is -0.488 e. The van der Waals surface area contributed by atoms with E-state index in [1.54, 1.807) is 6.20 Å². The lowest BCUT2D eigenvalue weighted by Gasteiger charge is -2.22. The Morgan fingerprint density at radius 2 is 2.15 bits per heavy atom. The van der Waals surface area contributed by atoms with Gasteiger partial charge in [-0.15, -0.1) is 0 Å². The number of pyridine rings is 1. The summed E-state index contributed by atoms with van der Waals surface area (Å²) in [5, 5.41) is 4.81. The summed E-state index contributed by atoms with van der Waals surface area (Å²) in [5.74, 6) is 1.65. The third kappa shape index (κ3) is 6.48. The number of aromatic nitrogens is 2. The van der Waals surface area contributed by atoms with Crippen LogP contribution in [-0.2, 0) is 17.9 Å². The van der Waals surface area contributed by atoms with Gasteiger partial charge >= 0.3 is 0 Å². The summed E-state index contributed by atoms with van der Waals surface area (Å²) in [5.41, 5.74) is 3.48. The molecule has 0 aliphatic carbocycles. The van der Waals surface area contributed by atoms with Gasteiger partial charge in [-0.1, -0.05) is 31.5 Å². The van der Waals surface area contributed by atoms with Gasteiger partial charge in [-0.3, -0.25) is 4.79 Å². The molecule has 0 spiro atoms. The Hall–Kier alpha value is -3.06. The van der Waals surface area contributed by atoms with Crippen molar-refractivity contribution in [2.75, 3.05) is 26.3 Å². The first-order valence-corrected chi connectivity index (χ1v) is 11.9. The van der Waals surface area contributed by atoms with Crippen LogP contribution < -0.4 is 14.8 Å². The number of unbranched alkanes of at least 4 members (excludes halogenated alkanes) is 1. The van der Waals surface area contributed by atoms with Crippen molar-refractivity contribution < 1.29 is 14.3 Å². The van der Waals surface area contributed by atoms with Gasteiger partial charge in [0.2, 0.25) is 6.41 Å². The number of amides is 1. The predicted octanol–water partition coefficient (Wildman–Crippen LogP) is 4.28. The number of rotatable bonds is 12. The van der Waals surface area contributed by atoms with Crippen LogP contribution in [0.5, 0.6) is 11.6 Å². The Kier molecular flexibility index (Phi) is 8.19. The number of hydrogen-bond donors (Lipinski definition) is 2. The second kappa shape index (κ2) is 11.7. The summed E-state index contributed by atoms with van der Waals surface area (Å²) in [6.07, 6.45) is 8.90. The highest BCUT2D eigenvalue weighted by molar-refractivity contribution is 5.82. The molecule has 33 heavy (non-hydrogen) atoms. The number of aromatic amines is 1. The van der Waals surface area contributed by atoms with Crippen LogP contribution in [0.3, 0.4) is 0 Å². The lowest BCUT2D eigenvalue weighted by atomic mass is 10.0. The summed E-state index contributed by atoms with van der Waals surface area (Å²) >= 11 is 0. The van der Waals surface area contributed by atoms with Crippen LogP contribution in [0.25, 0.3) is 10.9 Å². The van der Waals surface area contributed by atoms with Crippen LogP contribution in [0, 0.1) is 5.92 Å². The second-order valence-corrected chi connectivity index (χ2v) is 8.87.